The minimum absolute atomic E-state index is 0.0124. The van der Waals surface area contributed by atoms with Crippen molar-refractivity contribution in [3.05, 3.63) is 47.4 Å². The van der Waals surface area contributed by atoms with Crippen LogP contribution in [0.5, 0.6) is 5.75 Å². The summed E-state index contributed by atoms with van der Waals surface area (Å²) < 4.78 is 37.4. The van der Waals surface area contributed by atoms with Crippen LogP contribution in [0.15, 0.2) is 45.9 Å². The number of ether oxygens (including phenoxy) is 1. The quantitative estimate of drug-likeness (QED) is 0.890. The summed E-state index contributed by atoms with van der Waals surface area (Å²) in [5.41, 5.74) is 0. The molecular weight excluding hydrogens is 302 g/mol. The summed E-state index contributed by atoms with van der Waals surface area (Å²) >= 11 is 5.86. The first-order valence-corrected chi connectivity index (χ1v) is 7.83. The lowest BCUT2D eigenvalue weighted by molar-refractivity contribution is 0.331. The molecule has 1 N–H and O–H groups in total. The lowest BCUT2D eigenvalue weighted by Gasteiger charge is -2.11. The van der Waals surface area contributed by atoms with Crippen molar-refractivity contribution in [3.63, 3.8) is 0 Å². The van der Waals surface area contributed by atoms with Gasteiger partial charge in [-0.25, -0.2) is 13.1 Å². The summed E-state index contributed by atoms with van der Waals surface area (Å²) in [5.74, 6) is 0.789. The molecule has 0 fully saturated rings. The van der Waals surface area contributed by atoms with E-state index in [2.05, 4.69) is 4.72 Å². The van der Waals surface area contributed by atoms with Crippen LogP contribution in [0.4, 0.5) is 0 Å². The zero-order valence-corrected chi connectivity index (χ0v) is 12.4. The molecule has 0 radical (unpaired) electrons. The van der Waals surface area contributed by atoms with Gasteiger partial charge in [0.2, 0.25) is 10.0 Å². The van der Waals surface area contributed by atoms with E-state index in [9.17, 15) is 8.42 Å². The maximum atomic E-state index is 12.3. The Bertz CT molecular complexity index is 668. The molecule has 108 valence electrons. The van der Waals surface area contributed by atoms with Crippen molar-refractivity contribution in [1.82, 2.24) is 4.72 Å². The first-order chi connectivity index (χ1) is 9.53. The summed E-state index contributed by atoms with van der Waals surface area (Å²) in [7, 11) is -3.73. The molecule has 2 rings (SSSR count). The van der Waals surface area contributed by atoms with Gasteiger partial charge in [-0.2, -0.15) is 0 Å². The number of furan rings is 1. The molecule has 0 spiro atoms. The van der Waals surface area contributed by atoms with Crippen LogP contribution in [0, 0.1) is 0 Å². The molecular formula is C13H14ClNO4S. The normalized spacial score (nSPS) is 11.5. The van der Waals surface area contributed by atoms with Crippen molar-refractivity contribution >= 4 is 21.6 Å². The molecule has 1 aromatic heterocycles. The summed E-state index contributed by atoms with van der Waals surface area (Å²) in [5, 5.41) is 0.326. The molecule has 0 bridgehead atoms. The number of benzene rings is 1. The molecule has 0 saturated carbocycles. The molecule has 1 heterocycles. The average Bonchev–Trinajstić information content (AvgIpc) is 2.92. The van der Waals surface area contributed by atoms with E-state index in [0.29, 0.717) is 17.4 Å². The van der Waals surface area contributed by atoms with Crippen molar-refractivity contribution in [2.24, 2.45) is 0 Å². The third-order valence-electron chi connectivity index (χ3n) is 2.51. The van der Waals surface area contributed by atoms with Crippen LogP contribution in [0.2, 0.25) is 5.02 Å². The molecule has 2 aromatic rings. The highest BCUT2D eigenvalue weighted by molar-refractivity contribution is 7.89. The molecule has 0 atom stereocenters. The molecule has 5 nitrogen and oxygen atoms in total. The Labute approximate surface area is 122 Å². The molecule has 20 heavy (non-hydrogen) atoms. The summed E-state index contributed by atoms with van der Waals surface area (Å²) in [6, 6.07) is 7.85. The van der Waals surface area contributed by atoms with E-state index in [1.54, 1.807) is 25.1 Å². The standard InChI is InChI=1S/C13H14ClNO4S/c1-2-18-12-6-5-10(14)8-13(12)20(16,17)15-9-11-4-3-7-19-11/h3-8,15H,2,9H2,1H3. The molecule has 0 aliphatic heterocycles. The van der Waals surface area contributed by atoms with Crippen molar-refractivity contribution in [3.8, 4) is 5.75 Å². The van der Waals surface area contributed by atoms with Crippen LogP contribution in [0.3, 0.4) is 0 Å². The largest absolute Gasteiger partial charge is 0.492 e. The van der Waals surface area contributed by atoms with E-state index in [4.69, 9.17) is 20.8 Å². The van der Waals surface area contributed by atoms with Gasteiger partial charge in [-0.05, 0) is 37.3 Å². The van der Waals surface area contributed by atoms with Gasteiger partial charge >= 0.3 is 0 Å². The fraction of sp³-hybridized carbons (Fsp3) is 0.231. The first kappa shape index (κ1) is 14.9. The van der Waals surface area contributed by atoms with Crippen molar-refractivity contribution in [1.29, 1.82) is 0 Å². The summed E-state index contributed by atoms with van der Waals surface area (Å²) in [6.07, 6.45) is 1.48. The molecule has 0 saturated heterocycles. The van der Waals surface area contributed by atoms with Crippen molar-refractivity contribution in [2.45, 2.75) is 18.4 Å². The van der Waals surface area contributed by atoms with Gasteiger partial charge in [0.1, 0.15) is 16.4 Å². The van der Waals surface area contributed by atoms with E-state index < -0.39 is 10.0 Å². The van der Waals surface area contributed by atoms with Gasteiger partial charge in [0.05, 0.1) is 19.4 Å². The Hall–Kier alpha value is -1.50. The molecule has 7 heteroatoms. The lowest BCUT2D eigenvalue weighted by Crippen LogP contribution is -2.23. The van der Waals surface area contributed by atoms with Gasteiger partial charge < -0.3 is 9.15 Å². The minimum atomic E-state index is -3.73. The summed E-state index contributed by atoms with van der Waals surface area (Å²) in [6.45, 7) is 2.21. The van der Waals surface area contributed by atoms with Gasteiger partial charge in [-0.1, -0.05) is 11.6 Å². The van der Waals surface area contributed by atoms with Crippen LogP contribution in [0.25, 0.3) is 0 Å². The van der Waals surface area contributed by atoms with Crippen LogP contribution in [-0.4, -0.2) is 15.0 Å². The first-order valence-electron chi connectivity index (χ1n) is 5.97. The maximum Gasteiger partial charge on any atom is 0.244 e. The van der Waals surface area contributed by atoms with Crippen molar-refractivity contribution in [2.75, 3.05) is 6.61 Å². The fourth-order valence-corrected chi connectivity index (χ4v) is 3.02. The molecule has 1 aromatic carbocycles. The minimum Gasteiger partial charge on any atom is -0.492 e. The second-order valence-corrected chi connectivity index (χ2v) is 6.10. The monoisotopic (exact) mass is 315 g/mol. The van der Waals surface area contributed by atoms with Gasteiger partial charge in [0.25, 0.3) is 0 Å². The third-order valence-corrected chi connectivity index (χ3v) is 4.17. The van der Waals surface area contributed by atoms with E-state index in [-0.39, 0.29) is 17.2 Å². The summed E-state index contributed by atoms with van der Waals surface area (Å²) in [4.78, 5) is 0.0124. The van der Waals surface area contributed by atoms with Crippen LogP contribution in [-0.2, 0) is 16.6 Å². The second kappa shape index (κ2) is 6.30. The highest BCUT2D eigenvalue weighted by atomic mass is 35.5. The van der Waals surface area contributed by atoms with Crippen LogP contribution < -0.4 is 9.46 Å². The third kappa shape index (κ3) is 3.53. The molecule has 0 aliphatic rings. The Balaban J connectivity index is 2.26. The predicted molar refractivity (Wildman–Crippen MR) is 75.4 cm³/mol. The highest BCUT2D eigenvalue weighted by Crippen LogP contribution is 2.27. The van der Waals surface area contributed by atoms with Crippen LogP contribution >= 0.6 is 11.6 Å². The number of nitrogens with one attached hydrogen (secondary N) is 1. The predicted octanol–water partition coefficient (Wildman–Crippen LogP) is 2.81. The average molecular weight is 316 g/mol. The Kier molecular flexibility index (Phi) is 4.69. The topological polar surface area (TPSA) is 68.5 Å². The number of hydrogen-bond acceptors (Lipinski definition) is 4. The smallest absolute Gasteiger partial charge is 0.244 e. The number of sulfonamides is 1. The van der Waals surface area contributed by atoms with E-state index in [1.807, 2.05) is 0 Å². The zero-order valence-electron chi connectivity index (χ0n) is 10.8. The Morgan fingerprint density at radius 2 is 2.15 bits per heavy atom. The molecule has 0 amide bonds. The number of halogens is 1. The lowest BCUT2D eigenvalue weighted by atomic mass is 10.3. The van der Waals surface area contributed by atoms with Gasteiger partial charge in [0, 0.05) is 5.02 Å². The van der Waals surface area contributed by atoms with Gasteiger partial charge in [-0.15, -0.1) is 0 Å². The van der Waals surface area contributed by atoms with Crippen molar-refractivity contribution < 1.29 is 17.6 Å². The van der Waals surface area contributed by atoms with E-state index in [0.717, 1.165) is 0 Å². The van der Waals surface area contributed by atoms with Gasteiger partial charge in [0.15, 0.2) is 0 Å². The molecule has 0 unspecified atom stereocenters. The Morgan fingerprint density at radius 1 is 1.35 bits per heavy atom. The van der Waals surface area contributed by atoms with E-state index >= 15 is 0 Å². The van der Waals surface area contributed by atoms with Crippen LogP contribution in [0.1, 0.15) is 12.7 Å². The number of hydrogen-bond donors (Lipinski definition) is 1. The Morgan fingerprint density at radius 3 is 2.80 bits per heavy atom. The zero-order chi connectivity index (χ0) is 14.6. The molecule has 0 aliphatic carbocycles. The SMILES string of the molecule is CCOc1ccc(Cl)cc1S(=O)(=O)NCc1ccco1. The van der Waals surface area contributed by atoms with Gasteiger partial charge in [-0.3, -0.25) is 0 Å². The fourth-order valence-electron chi connectivity index (χ4n) is 1.62. The number of rotatable bonds is 6. The second-order valence-electron chi connectivity index (χ2n) is 3.93. The maximum absolute atomic E-state index is 12.3. The highest BCUT2D eigenvalue weighted by Gasteiger charge is 2.20. The van der Waals surface area contributed by atoms with E-state index in [1.165, 1.54) is 18.4 Å².